The van der Waals surface area contributed by atoms with Crippen molar-refractivity contribution in [1.82, 2.24) is 9.78 Å². The van der Waals surface area contributed by atoms with Crippen LogP contribution < -0.4 is 0 Å². The molecule has 2 rings (SSSR count). The van der Waals surface area contributed by atoms with E-state index < -0.39 is 17.5 Å². The van der Waals surface area contributed by atoms with Crippen molar-refractivity contribution in [3.63, 3.8) is 0 Å². The summed E-state index contributed by atoms with van der Waals surface area (Å²) < 4.78 is 1.79. The average Bonchev–Trinajstić information content (AvgIpc) is 2.86. The quantitative estimate of drug-likeness (QED) is 0.798. The van der Waals surface area contributed by atoms with Crippen LogP contribution in [0.15, 0.2) is 12.3 Å². The monoisotopic (exact) mass is 224 g/mol. The first-order valence-corrected chi connectivity index (χ1v) is 5.44. The van der Waals surface area contributed by atoms with Crippen molar-refractivity contribution in [2.24, 2.45) is 0 Å². The van der Waals surface area contributed by atoms with E-state index in [0.717, 1.165) is 5.69 Å². The Bertz CT molecular complexity index is 407. The van der Waals surface area contributed by atoms with Gasteiger partial charge < -0.3 is 10.2 Å². The van der Waals surface area contributed by atoms with E-state index in [0.29, 0.717) is 12.8 Å². The first kappa shape index (κ1) is 11.1. The topological polar surface area (TPSA) is 75.3 Å². The molecular formula is C11H16N2O3. The van der Waals surface area contributed by atoms with Gasteiger partial charge in [-0.3, -0.25) is 4.68 Å². The number of aliphatic carboxylic acids is 1. The van der Waals surface area contributed by atoms with Crippen LogP contribution in [-0.4, -0.2) is 32.1 Å². The predicted molar refractivity (Wildman–Crippen MR) is 57.2 cm³/mol. The lowest BCUT2D eigenvalue weighted by Gasteiger charge is -2.21. The van der Waals surface area contributed by atoms with Crippen LogP contribution in [0.1, 0.15) is 38.4 Å². The zero-order chi connectivity index (χ0) is 11.9. The lowest BCUT2D eigenvalue weighted by Crippen LogP contribution is -2.35. The number of aliphatic hydroxyl groups is 1. The number of aromatic nitrogens is 2. The van der Waals surface area contributed by atoms with Crippen molar-refractivity contribution in [3.05, 3.63) is 18.0 Å². The number of aliphatic hydroxyl groups excluding tert-OH is 1. The molecule has 0 bridgehead atoms. The summed E-state index contributed by atoms with van der Waals surface area (Å²) in [4.78, 5) is 10.9. The second kappa shape index (κ2) is 3.59. The molecular weight excluding hydrogens is 208 g/mol. The van der Waals surface area contributed by atoms with E-state index in [9.17, 15) is 9.90 Å². The van der Waals surface area contributed by atoms with Crippen LogP contribution in [0.5, 0.6) is 0 Å². The van der Waals surface area contributed by atoms with E-state index in [1.165, 1.54) is 0 Å². The van der Waals surface area contributed by atoms with Crippen molar-refractivity contribution >= 4 is 5.97 Å². The maximum absolute atomic E-state index is 10.9. The van der Waals surface area contributed by atoms with Gasteiger partial charge in [-0.1, -0.05) is 0 Å². The smallest absolute Gasteiger partial charge is 0.333 e. The van der Waals surface area contributed by atoms with Gasteiger partial charge in [0, 0.05) is 23.3 Å². The van der Waals surface area contributed by atoms with Crippen LogP contribution in [-0.2, 0) is 10.2 Å². The van der Waals surface area contributed by atoms with Gasteiger partial charge >= 0.3 is 5.97 Å². The molecule has 1 aliphatic rings. The van der Waals surface area contributed by atoms with Gasteiger partial charge in [-0.05, 0) is 32.8 Å². The molecule has 0 amide bonds. The summed E-state index contributed by atoms with van der Waals surface area (Å²) in [6, 6.07) is 1.97. The number of carboxylic acid groups (broad SMARTS) is 1. The number of hydrogen-bond donors (Lipinski definition) is 2. The van der Waals surface area contributed by atoms with Gasteiger partial charge in [0.1, 0.15) is 0 Å². The minimum absolute atomic E-state index is 0.170. The fourth-order valence-electron chi connectivity index (χ4n) is 2.16. The molecule has 2 N–H and O–H groups in total. The third kappa shape index (κ3) is 1.51. The van der Waals surface area contributed by atoms with Gasteiger partial charge in [-0.15, -0.1) is 0 Å². The number of carboxylic acids is 1. The second-order valence-corrected chi connectivity index (χ2v) is 4.65. The molecule has 0 spiro atoms. The third-order valence-electron chi connectivity index (χ3n) is 3.22. The molecule has 1 aliphatic carbocycles. The number of hydrogen-bond acceptors (Lipinski definition) is 3. The summed E-state index contributed by atoms with van der Waals surface area (Å²) in [6.45, 7) is 3.97. The van der Waals surface area contributed by atoms with Crippen molar-refractivity contribution in [2.45, 2.75) is 44.2 Å². The van der Waals surface area contributed by atoms with E-state index in [-0.39, 0.29) is 6.04 Å². The molecule has 5 nitrogen and oxygen atoms in total. The Hall–Kier alpha value is -1.36. The maximum Gasteiger partial charge on any atom is 0.333 e. The largest absolute Gasteiger partial charge is 0.479 e. The van der Waals surface area contributed by atoms with Crippen LogP contribution in [0.3, 0.4) is 0 Å². The van der Waals surface area contributed by atoms with Crippen molar-refractivity contribution < 1.29 is 15.0 Å². The lowest BCUT2D eigenvalue weighted by atomic mass is 9.94. The Morgan fingerprint density at radius 3 is 2.62 bits per heavy atom. The molecule has 0 aliphatic heterocycles. The van der Waals surface area contributed by atoms with Crippen LogP contribution in [0.2, 0.25) is 0 Å². The highest BCUT2D eigenvalue weighted by molar-refractivity contribution is 5.75. The predicted octanol–water partition coefficient (Wildman–Crippen LogP) is 0.941. The highest BCUT2D eigenvalue weighted by Crippen LogP contribution is 2.51. The zero-order valence-electron chi connectivity index (χ0n) is 9.42. The summed E-state index contributed by atoms with van der Waals surface area (Å²) in [5, 5.41) is 22.8. The van der Waals surface area contributed by atoms with Crippen molar-refractivity contribution in [2.75, 3.05) is 0 Å². The maximum atomic E-state index is 10.9. The number of carbonyl (C=O) groups is 1. The van der Waals surface area contributed by atoms with Crippen LogP contribution in [0.4, 0.5) is 0 Å². The molecule has 0 saturated heterocycles. The van der Waals surface area contributed by atoms with Crippen molar-refractivity contribution in [3.8, 4) is 0 Å². The highest BCUT2D eigenvalue weighted by atomic mass is 16.4. The molecule has 1 aromatic heterocycles. The molecule has 5 heteroatoms. The molecule has 1 atom stereocenters. The summed E-state index contributed by atoms with van der Waals surface area (Å²) in [5.74, 6) is -1.16. The second-order valence-electron chi connectivity index (χ2n) is 4.65. The summed E-state index contributed by atoms with van der Waals surface area (Å²) in [5.41, 5.74) is 0.212. The van der Waals surface area contributed by atoms with E-state index in [4.69, 9.17) is 5.11 Å². The van der Waals surface area contributed by atoms with E-state index >= 15 is 0 Å². The Kier molecular flexibility index (Phi) is 2.50. The van der Waals surface area contributed by atoms with Gasteiger partial charge in [0.2, 0.25) is 0 Å². The third-order valence-corrected chi connectivity index (χ3v) is 3.22. The zero-order valence-corrected chi connectivity index (χ0v) is 9.42. The van der Waals surface area contributed by atoms with Crippen LogP contribution in [0.25, 0.3) is 0 Å². The number of rotatable bonds is 4. The SMILES string of the molecule is CC(C)n1nccc1C1(C(O)C(=O)O)CC1. The van der Waals surface area contributed by atoms with Gasteiger partial charge in [0.05, 0.1) is 0 Å². The van der Waals surface area contributed by atoms with Gasteiger partial charge in [-0.25, -0.2) is 4.79 Å². The molecule has 1 aromatic rings. The molecule has 1 unspecified atom stereocenters. The molecule has 88 valence electrons. The van der Waals surface area contributed by atoms with Gasteiger partial charge in [-0.2, -0.15) is 5.10 Å². The van der Waals surface area contributed by atoms with Crippen molar-refractivity contribution in [1.29, 1.82) is 0 Å². The molecule has 1 fully saturated rings. The molecule has 16 heavy (non-hydrogen) atoms. The Balaban J connectivity index is 2.37. The minimum Gasteiger partial charge on any atom is -0.479 e. The molecule has 1 saturated carbocycles. The average molecular weight is 224 g/mol. The minimum atomic E-state index is -1.33. The summed E-state index contributed by atoms with van der Waals surface area (Å²) in [7, 11) is 0. The Labute approximate surface area is 93.7 Å². The van der Waals surface area contributed by atoms with E-state index in [2.05, 4.69) is 5.10 Å². The van der Waals surface area contributed by atoms with E-state index in [1.807, 2.05) is 13.8 Å². The highest BCUT2D eigenvalue weighted by Gasteiger charge is 2.55. The molecule has 0 aromatic carbocycles. The number of nitrogens with zero attached hydrogens (tertiary/aromatic N) is 2. The van der Waals surface area contributed by atoms with Gasteiger partial charge in [0.25, 0.3) is 0 Å². The van der Waals surface area contributed by atoms with E-state index in [1.54, 1.807) is 16.9 Å². The standard InChI is InChI=1S/C11H16N2O3/c1-7(2)13-8(3-6-12-13)11(4-5-11)9(14)10(15)16/h3,6-7,9,14H,4-5H2,1-2H3,(H,15,16). The summed E-state index contributed by atoms with van der Waals surface area (Å²) >= 11 is 0. The lowest BCUT2D eigenvalue weighted by molar-refractivity contribution is -0.148. The fourth-order valence-corrected chi connectivity index (χ4v) is 2.16. The Morgan fingerprint density at radius 2 is 2.19 bits per heavy atom. The molecule has 1 heterocycles. The first-order chi connectivity index (χ1) is 7.49. The summed E-state index contributed by atoms with van der Waals surface area (Å²) in [6.07, 6.45) is 1.74. The fraction of sp³-hybridized carbons (Fsp3) is 0.636. The Morgan fingerprint density at radius 1 is 1.56 bits per heavy atom. The van der Waals surface area contributed by atoms with Crippen LogP contribution in [0, 0.1) is 0 Å². The first-order valence-electron chi connectivity index (χ1n) is 5.44. The van der Waals surface area contributed by atoms with Crippen LogP contribution >= 0.6 is 0 Å². The normalized spacial score (nSPS) is 19.8. The van der Waals surface area contributed by atoms with Gasteiger partial charge in [0.15, 0.2) is 6.10 Å². The molecule has 0 radical (unpaired) electrons.